The van der Waals surface area contributed by atoms with Crippen LogP contribution in [-0.2, 0) is 28.0 Å². The molecule has 172 valence electrons. The van der Waals surface area contributed by atoms with Crippen LogP contribution in [-0.4, -0.2) is 61.0 Å². The van der Waals surface area contributed by atoms with Crippen molar-refractivity contribution in [1.29, 1.82) is 0 Å². The predicted molar refractivity (Wildman–Crippen MR) is 118 cm³/mol. The number of amides is 2. The first kappa shape index (κ1) is 23.3. The number of aromatic nitrogens is 5. The second-order valence-electron chi connectivity index (χ2n) is 6.88. The molecule has 0 fully saturated rings. The normalized spacial score (nSPS) is 10.5. The van der Waals surface area contributed by atoms with Crippen LogP contribution >= 0.6 is 0 Å². The molecule has 0 atom stereocenters. The first-order valence-electron chi connectivity index (χ1n) is 9.93. The summed E-state index contributed by atoms with van der Waals surface area (Å²) in [6.45, 7) is 2.15. The van der Waals surface area contributed by atoms with Gasteiger partial charge in [-0.2, -0.15) is 10.2 Å². The molecule has 0 aliphatic heterocycles. The van der Waals surface area contributed by atoms with E-state index in [0.29, 0.717) is 17.7 Å². The molecular formula is C21H22FN7O4. The monoisotopic (exact) mass is 455 g/mol. The van der Waals surface area contributed by atoms with E-state index in [9.17, 15) is 18.8 Å². The number of carbonyl (C=O) groups is 3. The molecule has 0 saturated carbocycles. The number of nitrogens with zero attached hydrogens (tertiary/aromatic N) is 5. The number of pyridine rings is 1. The number of aryl methyl sites for hydroxylation is 2. The molecule has 0 aliphatic rings. The molecule has 2 amide bonds. The number of hydrogen-bond acceptors (Lipinski definition) is 6. The number of carbonyl (C=O) groups excluding carboxylic acids is 2. The largest absolute Gasteiger partial charge is 0.480 e. The Morgan fingerprint density at radius 1 is 1.18 bits per heavy atom. The number of carboxylic acids is 1. The highest BCUT2D eigenvalue weighted by Crippen LogP contribution is 2.31. The zero-order chi connectivity index (χ0) is 24.0. The van der Waals surface area contributed by atoms with Gasteiger partial charge in [-0.15, -0.1) is 0 Å². The van der Waals surface area contributed by atoms with Gasteiger partial charge in [0.1, 0.15) is 12.4 Å². The van der Waals surface area contributed by atoms with Gasteiger partial charge in [0.15, 0.2) is 0 Å². The van der Waals surface area contributed by atoms with Crippen molar-refractivity contribution in [2.24, 2.45) is 7.05 Å². The van der Waals surface area contributed by atoms with E-state index in [1.54, 1.807) is 29.3 Å². The van der Waals surface area contributed by atoms with Gasteiger partial charge in [0.05, 0.1) is 35.7 Å². The zero-order valence-electron chi connectivity index (χ0n) is 17.9. The lowest BCUT2D eigenvalue weighted by Gasteiger charge is -2.06. The van der Waals surface area contributed by atoms with E-state index in [1.165, 1.54) is 6.07 Å². The fourth-order valence-corrected chi connectivity index (χ4v) is 3.20. The quantitative estimate of drug-likeness (QED) is 0.354. The molecular weight excluding hydrogens is 433 g/mol. The average molecular weight is 455 g/mol. The second kappa shape index (κ2) is 10.3. The van der Waals surface area contributed by atoms with Crippen LogP contribution in [0.4, 0.5) is 4.39 Å². The number of benzene rings is 1. The van der Waals surface area contributed by atoms with Crippen LogP contribution in [0.3, 0.4) is 0 Å². The molecule has 11 nitrogen and oxygen atoms in total. The molecule has 3 N–H and O–H groups in total. The average Bonchev–Trinajstić information content (AvgIpc) is 3.39. The van der Waals surface area contributed by atoms with Gasteiger partial charge >= 0.3 is 5.97 Å². The smallest absolute Gasteiger partial charge is 0.322 e. The fourth-order valence-electron chi connectivity index (χ4n) is 3.20. The van der Waals surface area contributed by atoms with E-state index in [2.05, 4.69) is 25.8 Å². The summed E-state index contributed by atoms with van der Waals surface area (Å²) in [4.78, 5) is 34.4. The summed E-state index contributed by atoms with van der Waals surface area (Å²) in [5, 5.41) is 22.4. The number of aliphatic carboxylic acids is 1. The van der Waals surface area contributed by atoms with Gasteiger partial charge < -0.3 is 15.7 Å². The third-order valence-electron chi connectivity index (χ3n) is 4.74. The highest BCUT2D eigenvalue weighted by Gasteiger charge is 2.15. The molecule has 0 bridgehead atoms. The van der Waals surface area contributed by atoms with Crippen molar-refractivity contribution >= 4 is 40.1 Å². The first-order chi connectivity index (χ1) is 15.8. The van der Waals surface area contributed by atoms with Gasteiger partial charge in [0.25, 0.3) is 0 Å². The number of carboxylic acid groups (broad SMARTS) is 1. The number of nitrogens with one attached hydrogen (secondary N) is 2. The lowest BCUT2D eigenvalue weighted by atomic mass is 10.1. The molecule has 4 rings (SSSR count). The van der Waals surface area contributed by atoms with E-state index in [4.69, 9.17) is 5.11 Å². The van der Waals surface area contributed by atoms with E-state index >= 15 is 0 Å². The van der Waals surface area contributed by atoms with E-state index in [-0.39, 0.29) is 12.4 Å². The number of fused-ring (bicyclic) bond motifs is 2. The molecule has 1 aromatic carbocycles. The summed E-state index contributed by atoms with van der Waals surface area (Å²) in [5.74, 6) is -1.95. The fraction of sp³-hybridized carbons (Fsp3) is 0.238. The predicted octanol–water partition coefficient (Wildman–Crippen LogP) is 1.08. The van der Waals surface area contributed by atoms with Crippen molar-refractivity contribution in [3.63, 3.8) is 0 Å². The van der Waals surface area contributed by atoms with Gasteiger partial charge in [-0.25, -0.2) is 4.39 Å². The molecule has 0 saturated heterocycles. The Labute approximate surface area is 187 Å². The lowest BCUT2D eigenvalue weighted by molar-refractivity contribution is -0.137. The summed E-state index contributed by atoms with van der Waals surface area (Å²) >= 11 is 0. The van der Waals surface area contributed by atoms with E-state index in [0.717, 1.165) is 28.4 Å². The van der Waals surface area contributed by atoms with Crippen molar-refractivity contribution in [3.05, 3.63) is 42.6 Å². The van der Waals surface area contributed by atoms with Gasteiger partial charge in [0, 0.05) is 36.1 Å². The SMILES string of the molecule is CCn1ncc2c(-c3cc4c(cnn4C)cc3F)nccc21.O=CNCC(=O)NCC(=O)O. The summed E-state index contributed by atoms with van der Waals surface area (Å²) in [6.07, 6.45) is 5.46. The Kier molecular flexibility index (Phi) is 7.28. The topological polar surface area (TPSA) is 144 Å². The molecule has 0 radical (unpaired) electrons. The highest BCUT2D eigenvalue weighted by molar-refractivity contribution is 5.95. The van der Waals surface area contributed by atoms with Gasteiger partial charge in [-0.3, -0.25) is 28.7 Å². The Bertz CT molecular complexity index is 1310. The maximum atomic E-state index is 14.5. The molecule has 3 heterocycles. The Hall–Kier alpha value is -4.35. The molecule has 12 heteroatoms. The van der Waals surface area contributed by atoms with Crippen LogP contribution in [0.2, 0.25) is 0 Å². The van der Waals surface area contributed by atoms with Crippen LogP contribution in [0.25, 0.3) is 33.1 Å². The summed E-state index contributed by atoms with van der Waals surface area (Å²) < 4.78 is 18.1. The highest BCUT2D eigenvalue weighted by atomic mass is 19.1. The Balaban J connectivity index is 0.000000239. The molecule has 3 aromatic heterocycles. The van der Waals surface area contributed by atoms with Gasteiger partial charge in [-0.1, -0.05) is 0 Å². The van der Waals surface area contributed by atoms with Crippen LogP contribution in [0.5, 0.6) is 0 Å². The Morgan fingerprint density at radius 3 is 2.67 bits per heavy atom. The molecule has 0 aliphatic carbocycles. The number of halogens is 1. The third-order valence-corrected chi connectivity index (χ3v) is 4.74. The summed E-state index contributed by atoms with van der Waals surface area (Å²) in [6, 6.07) is 5.20. The minimum Gasteiger partial charge on any atom is -0.480 e. The molecule has 4 aromatic rings. The molecule has 0 unspecified atom stereocenters. The lowest BCUT2D eigenvalue weighted by Crippen LogP contribution is -2.36. The first-order valence-corrected chi connectivity index (χ1v) is 9.93. The summed E-state index contributed by atoms with van der Waals surface area (Å²) in [7, 11) is 1.84. The number of rotatable bonds is 7. The maximum absolute atomic E-state index is 14.5. The van der Waals surface area contributed by atoms with Crippen LogP contribution in [0, 0.1) is 5.82 Å². The minimum atomic E-state index is -1.12. The van der Waals surface area contributed by atoms with Gasteiger partial charge in [-0.05, 0) is 25.1 Å². The second-order valence-corrected chi connectivity index (χ2v) is 6.88. The maximum Gasteiger partial charge on any atom is 0.322 e. The number of hydrogen-bond donors (Lipinski definition) is 3. The minimum absolute atomic E-state index is 0.198. The zero-order valence-corrected chi connectivity index (χ0v) is 17.9. The Morgan fingerprint density at radius 2 is 1.97 bits per heavy atom. The molecule has 0 spiro atoms. The van der Waals surface area contributed by atoms with Crippen LogP contribution in [0.1, 0.15) is 6.92 Å². The van der Waals surface area contributed by atoms with Crippen molar-refractivity contribution in [1.82, 2.24) is 35.2 Å². The van der Waals surface area contributed by atoms with Gasteiger partial charge in [0.2, 0.25) is 12.3 Å². The molecule has 33 heavy (non-hydrogen) atoms. The van der Waals surface area contributed by atoms with Crippen LogP contribution < -0.4 is 10.6 Å². The van der Waals surface area contributed by atoms with Crippen molar-refractivity contribution < 1.29 is 23.9 Å². The third kappa shape index (κ3) is 5.29. The van der Waals surface area contributed by atoms with Crippen molar-refractivity contribution in [2.75, 3.05) is 13.1 Å². The van der Waals surface area contributed by atoms with E-state index in [1.807, 2.05) is 24.7 Å². The summed E-state index contributed by atoms with van der Waals surface area (Å²) in [5.41, 5.74) is 2.91. The van der Waals surface area contributed by atoms with Crippen molar-refractivity contribution in [3.8, 4) is 11.3 Å². The standard InChI is InChI=1S/C16H14FN5.C5H8N2O4/c1-3-22-14-4-5-18-16(12(14)9-20-22)11-7-15-10(6-13(11)17)8-19-21(15)2;8-3-6-1-4(9)7-2-5(10)11/h4-9H,3H2,1-2H3;3H,1-2H2,(H,6,8)(H,7,9)(H,10,11). The van der Waals surface area contributed by atoms with Crippen LogP contribution in [0.15, 0.2) is 36.8 Å². The van der Waals surface area contributed by atoms with E-state index < -0.39 is 18.4 Å². The van der Waals surface area contributed by atoms with Crippen molar-refractivity contribution in [2.45, 2.75) is 13.5 Å².